The lowest BCUT2D eigenvalue weighted by molar-refractivity contribution is 0.712. The van der Waals surface area contributed by atoms with Crippen LogP contribution in [0.2, 0.25) is 5.02 Å². The van der Waals surface area contributed by atoms with Crippen molar-refractivity contribution < 1.29 is 0 Å². The van der Waals surface area contributed by atoms with Crippen LogP contribution in [0.4, 0.5) is 17.3 Å². The quantitative estimate of drug-likeness (QED) is 0.627. The molecule has 0 atom stereocenters. The number of nitrogens with one attached hydrogen (secondary N) is 1. The van der Waals surface area contributed by atoms with E-state index >= 15 is 0 Å². The molecule has 3 aromatic rings. The average Bonchev–Trinajstić information content (AvgIpc) is 3.11. The van der Waals surface area contributed by atoms with E-state index in [1.807, 2.05) is 17.5 Å². The Bertz CT molecular complexity index is 982. The van der Waals surface area contributed by atoms with E-state index in [0.717, 1.165) is 54.5 Å². The largest absolute Gasteiger partial charge is 0.356 e. The van der Waals surface area contributed by atoms with Crippen molar-refractivity contribution in [2.45, 2.75) is 33.6 Å². The Labute approximate surface area is 164 Å². The molecule has 0 bridgehead atoms. The van der Waals surface area contributed by atoms with Crippen LogP contribution in [0, 0.1) is 18.3 Å². The van der Waals surface area contributed by atoms with Crippen molar-refractivity contribution in [3.63, 3.8) is 0 Å². The van der Waals surface area contributed by atoms with Crippen LogP contribution in [0.3, 0.4) is 0 Å². The summed E-state index contributed by atoms with van der Waals surface area (Å²) in [6, 6.07) is 9.18. The van der Waals surface area contributed by atoms with Gasteiger partial charge in [-0.25, -0.2) is 4.98 Å². The predicted molar refractivity (Wildman–Crippen MR) is 110 cm³/mol. The number of aromatic nitrogens is 3. The van der Waals surface area contributed by atoms with Crippen LogP contribution in [0.25, 0.3) is 5.65 Å². The third-order valence-electron chi connectivity index (χ3n) is 4.38. The van der Waals surface area contributed by atoms with Crippen LogP contribution in [-0.2, 0) is 0 Å². The molecule has 0 radical (unpaired) electrons. The van der Waals surface area contributed by atoms with Gasteiger partial charge in [0.1, 0.15) is 11.6 Å². The normalized spacial score (nSPS) is 10.8. The summed E-state index contributed by atoms with van der Waals surface area (Å²) >= 11 is 6.34. The molecule has 0 spiro atoms. The summed E-state index contributed by atoms with van der Waals surface area (Å²) in [6.07, 6.45) is 3.86. The highest BCUT2D eigenvalue weighted by Gasteiger charge is 2.18. The van der Waals surface area contributed by atoms with Crippen molar-refractivity contribution in [3.05, 3.63) is 46.6 Å². The molecule has 1 N–H and O–H groups in total. The van der Waals surface area contributed by atoms with E-state index in [2.05, 4.69) is 35.2 Å². The average molecular weight is 383 g/mol. The summed E-state index contributed by atoms with van der Waals surface area (Å²) < 4.78 is 1.90. The van der Waals surface area contributed by atoms with Gasteiger partial charge in [-0.1, -0.05) is 25.4 Å². The maximum atomic E-state index is 9.02. The molecule has 6 nitrogen and oxygen atoms in total. The Balaban J connectivity index is 2.09. The molecule has 0 unspecified atom stereocenters. The predicted octanol–water partition coefficient (Wildman–Crippen LogP) is 4.93. The molecule has 3 rings (SSSR count). The van der Waals surface area contributed by atoms with E-state index in [9.17, 15) is 0 Å². The van der Waals surface area contributed by atoms with E-state index in [1.54, 1.807) is 24.4 Å². The lowest BCUT2D eigenvalue weighted by Crippen LogP contribution is -2.28. The first-order valence-electron chi connectivity index (χ1n) is 9.15. The van der Waals surface area contributed by atoms with Gasteiger partial charge in [-0.05, 0) is 38.0 Å². The zero-order chi connectivity index (χ0) is 19.4. The number of nitriles is 1. The van der Waals surface area contributed by atoms with E-state index in [1.165, 1.54) is 0 Å². The molecule has 0 aliphatic carbocycles. The summed E-state index contributed by atoms with van der Waals surface area (Å²) in [6.45, 7) is 8.29. The fraction of sp³-hybridized carbons (Fsp3) is 0.350. The Hall–Kier alpha value is -2.78. The van der Waals surface area contributed by atoms with Crippen LogP contribution in [0.5, 0.6) is 0 Å². The number of nitrogens with zero attached hydrogens (tertiary/aromatic N) is 5. The third kappa shape index (κ3) is 3.83. The zero-order valence-corrected chi connectivity index (χ0v) is 16.6. The summed E-state index contributed by atoms with van der Waals surface area (Å²) in [4.78, 5) is 7.07. The van der Waals surface area contributed by atoms with Crippen molar-refractivity contribution in [2.75, 3.05) is 23.3 Å². The smallest absolute Gasteiger partial charge is 0.159 e. The molecule has 0 saturated carbocycles. The second-order valence-electron chi connectivity index (χ2n) is 6.43. The van der Waals surface area contributed by atoms with Gasteiger partial charge < -0.3 is 10.2 Å². The number of hydrogen-bond donors (Lipinski definition) is 1. The minimum atomic E-state index is 0.490. The van der Waals surface area contributed by atoms with Gasteiger partial charge in [-0.15, -0.1) is 0 Å². The fourth-order valence-electron chi connectivity index (χ4n) is 3.18. The van der Waals surface area contributed by atoms with Gasteiger partial charge in [0, 0.05) is 24.7 Å². The number of anilines is 3. The van der Waals surface area contributed by atoms with Crippen molar-refractivity contribution >= 4 is 34.6 Å². The molecule has 27 heavy (non-hydrogen) atoms. The minimum absolute atomic E-state index is 0.490. The van der Waals surface area contributed by atoms with Gasteiger partial charge in [0.25, 0.3) is 0 Å². The van der Waals surface area contributed by atoms with Crippen molar-refractivity contribution in [1.29, 1.82) is 5.26 Å². The Morgan fingerprint density at radius 3 is 2.59 bits per heavy atom. The molecule has 1 aromatic carbocycles. The van der Waals surface area contributed by atoms with Gasteiger partial charge in [0.2, 0.25) is 0 Å². The maximum absolute atomic E-state index is 9.02. The third-order valence-corrected chi connectivity index (χ3v) is 4.69. The highest BCUT2D eigenvalue weighted by atomic mass is 35.5. The van der Waals surface area contributed by atoms with Crippen LogP contribution < -0.4 is 10.2 Å². The van der Waals surface area contributed by atoms with Gasteiger partial charge in [0.05, 0.1) is 28.5 Å². The van der Waals surface area contributed by atoms with Gasteiger partial charge >= 0.3 is 0 Å². The Morgan fingerprint density at radius 1 is 1.22 bits per heavy atom. The van der Waals surface area contributed by atoms with E-state index in [0.29, 0.717) is 10.6 Å². The number of benzene rings is 1. The number of halogens is 1. The van der Waals surface area contributed by atoms with Crippen molar-refractivity contribution in [1.82, 2.24) is 14.6 Å². The van der Waals surface area contributed by atoms with Gasteiger partial charge in [-0.2, -0.15) is 14.9 Å². The first kappa shape index (κ1) is 19.0. The summed E-state index contributed by atoms with van der Waals surface area (Å²) in [5.41, 5.74) is 3.03. The number of hydrogen-bond acceptors (Lipinski definition) is 5. The van der Waals surface area contributed by atoms with Crippen LogP contribution in [-0.4, -0.2) is 27.7 Å². The molecule has 2 aromatic heterocycles. The lowest BCUT2D eigenvalue weighted by atomic mass is 10.2. The molecule has 140 valence electrons. The van der Waals surface area contributed by atoms with Crippen LogP contribution >= 0.6 is 11.6 Å². The first-order valence-corrected chi connectivity index (χ1v) is 9.52. The lowest BCUT2D eigenvalue weighted by Gasteiger charge is -2.27. The van der Waals surface area contributed by atoms with Gasteiger partial charge in [-0.3, -0.25) is 0 Å². The summed E-state index contributed by atoms with van der Waals surface area (Å²) in [5.74, 6) is 1.78. The topological polar surface area (TPSA) is 69.2 Å². The van der Waals surface area contributed by atoms with Crippen molar-refractivity contribution in [3.8, 4) is 6.07 Å². The van der Waals surface area contributed by atoms with Gasteiger partial charge in [0.15, 0.2) is 5.65 Å². The molecule has 0 saturated heterocycles. The molecule has 2 heterocycles. The molecule has 0 amide bonds. The Morgan fingerprint density at radius 2 is 1.96 bits per heavy atom. The minimum Gasteiger partial charge on any atom is -0.356 e. The molecule has 0 aliphatic rings. The van der Waals surface area contributed by atoms with E-state index in [-0.39, 0.29) is 0 Å². The van der Waals surface area contributed by atoms with Crippen molar-refractivity contribution in [2.24, 2.45) is 0 Å². The summed E-state index contributed by atoms with van der Waals surface area (Å²) in [7, 11) is 0. The standard InChI is InChI=1S/C20H23ClN6/c1-4-10-26(11-5-2)20-14(3)19(25-18-8-9-23-27(18)20)24-17-7-6-15(13-22)12-16(17)21/h6-9,12H,4-5,10-11H2,1-3H3,(H,24,25). The summed E-state index contributed by atoms with van der Waals surface area (Å²) in [5, 5.41) is 17.3. The molecule has 0 fully saturated rings. The second-order valence-corrected chi connectivity index (χ2v) is 6.84. The molecule has 0 aliphatic heterocycles. The van der Waals surface area contributed by atoms with Crippen LogP contribution in [0.1, 0.15) is 37.8 Å². The highest BCUT2D eigenvalue weighted by Crippen LogP contribution is 2.31. The van der Waals surface area contributed by atoms with E-state index < -0.39 is 0 Å². The fourth-order valence-corrected chi connectivity index (χ4v) is 3.41. The molecule has 7 heteroatoms. The SMILES string of the molecule is CCCN(CCC)c1c(C)c(Nc2ccc(C#N)cc2Cl)nc2ccnn12. The highest BCUT2D eigenvalue weighted by molar-refractivity contribution is 6.33. The molecular formula is C20H23ClN6. The van der Waals surface area contributed by atoms with E-state index in [4.69, 9.17) is 21.8 Å². The number of rotatable bonds is 7. The maximum Gasteiger partial charge on any atom is 0.159 e. The molecular weight excluding hydrogens is 360 g/mol. The first-order chi connectivity index (χ1) is 13.1. The second kappa shape index (κ2) is 8.28. The monoisotopic (exact) mass is 382 g/mol. The number of fused-ring (bicyclic) bond motifs is 1. The van der Waals surface area contributed by atoms with Crippen LogP contribution in [0.15, 0.2) is 30.5 Å². The zero-order valence-electron chi connectivity index (χ0n) is 15.8. The Kier molecular flexibility index (Phi) is 5.82.